The Hall–Kier alpha value is -0.610. The minimum Gasteiger partial charge on any atom is -0.368 e. The number of likely N-dealkylation sites (N-methyl/N-ethyl adjacent to an activating group) is 1. The molecule has 18 heavy (non-hydrogen) atoms. The van der Waals surface area contributed by atoms with Crippen molar-refractivity contribution >= 4 is 5.91 Å². The molecule has 1 saturated carbocycles. The molecule has 1 aliphatic carbocycles. The Morgan fingerprint density at radius 1 is 1.33 bits per heavy atom. The van der Waals surface area contributed by atoms with Crippen LogP contribution in [0.2, 0.25) is 0 Å². The maximum Gasteiger partial charge on any atom is 0.238 e. The molecule has 3 N–H and O–H groups in total. The van der Waals surface area contributed by atoms with Crippen LogP contribution in [0.15, 0.2) is 0 Å². The van der Waals surface area contributed by atoms with Crippen molar-refractivity contribution < 1.29 is 4.79 Å². The Kier molecular flexibility index (Phi) is 4.28. The van der Waals surface area contributed by atoms with Gasteiger partial charge in [-0.2, -0.15) is 0 Å². The summed E-state index contributed by atoms with van der Waals surface area (Å²) >= 11 is 0. The molecule has 0 aromatic rings. The van der Waals surface area contributed by atoms with Crippen LogP contribution in [-0.4, -0.2) is 43.0 Å². The second-order valence-electron chi connectivity index (χ2n) is 6.27. The predicted molar refractivity (Wildman–Crippen MR) is 73.2 cm³/mol. The first-order chi connectivity index (χ1) is 8.55. The normalized spacial score (nSPS) is 32.6. The van der Waals surface area contributed by atoms with Gasteiger partial charge in [-0.1, -0.05) is 19.3 Å². The van der Waals surface area contributed by atoms with Gasteiger partial charge in [0.05, 0.1) is 0 Å². The molecule has 1 amide bonds. The molecule has 2 aliphatic rings. The molecule has 0 aromatic heterocycles. The number of amides is 1. The lowest BCUT2D eigenvalue weighted by Gasteiger charge is -2.43. The van der Waals surface area contributed by atoms with Crippen LogP contribution in [-0.2, 0) is 4.79 Å². The average Bonchev–Trinajstić information content (AvgIpc) is 2.38. The fourth-order valence-corrected chi connectivity index (χ4v) is 3.55. The highest BCUT2D eigenvalue weighted by Crippen LogP contribution is 2.36. The number of nitrogens with one attached hydrogen (secondary N) is 1. The number of carbonyl (C=O) groups excluding carboxylic acids is 1. The zero-order valence-electron chi connectivity index (χ0n) is 11.7. The Balaban J connectivity index is 1.93. The molecule has 4 heteroatoms. The van der Waals surface area contributed by atoms with Crippen molar-refractivity contribution in [2.75, 3.05) is 26.7 Å². The van der Waals surface area contributed by atoms with E-state index in [1.165, 1.54) is 32.1 Å². The van der Waals surface area contributed by atoms with Crippen molar-refractivity contribution in [1.29, 1.82) is 0 Å². The summed E-state index contributed by atoms with van der Waals surface area (Å²) < 4.78 is 0. The largest absolute Gasteiger partial charge is 0.368 e. The van der Waals surface area contributed by atoms with Crippen molar-refractivity contribution in [2.45, 2.75) is 44.6 Å². The molecule has 0 bridgehead atoms. The molecular weight excluding hydrogens is 226 g/mol. The minimum atomic E-state index is -0.596. The molecule has 1 heterocycles. The maximum atomic E-state index is 11.5. The van der Waals surface area contributed by atoms with Crippen LogP contribution in [0.25, 0.3) is 0 Å². The van der Waals surface area contributed by atoms with Gasteiger partial charge in [0.15, 0.2) is 0 Å². The van der Waals surface area contributed by atoms with Gasteiger partial charge in [0.2, 0.25) is 5.91 Å². The van der Waals surface area contributed by atoms with E-state index in [4.69, 9.17) is 5.73 Å². The van der Waals surface area contributed by atoms with Crippen molar-refractivity contribution in [3.63, 3.8) is 0 Å². The van der Waals surface area contributed by atoms with Gasteiger partial charge in [-0.05, 0) is 45.2 Å². The van der Waals surface area contributed by atoms with Crippen LogP contribution in [0.4, 0.5) is 0 Å². The summed E-state index contributed by atoms with van der Waals surface area (Å²) in [5, 5.41) is 3.08. The summed E-state index contributed by atoms with van der Waals surface area (Å²) in [6.45, 7) is 4.91. The number of primary amides is 1. The predicted octanol–water partition coefficient (Wildman–Crippen LogP) is 0.962. The first kappa shape index (κ1) is 13.8. The fraction of sp³-hybridized carbons (Fsp3) is 0.929. The number of hydrogen-bond acceptors (Lipinski definition) is 3. The van der Waals surface area contributed by atoms with Gasteiger partial charge in [0.25, 0.3) is 0 Å². The van der Waals surface area contributed by atoms with Gasteiger partial charge < -0.3 is 16.0 Å². The maximum absolute atomic E-state index is 11.5. The number of likely N-dealkylation sites (tertiary alicyclic amines) is 1. The number of piperidine rings is 1. The van der Waals surface area contributed by atoms with E-state index >= 15 is 0 Å². The van der Waals surface area contributed by atoms with Crippen molar-refractivity contribution in [3.05, 3.63) is 0 Å². The average molecular weight is 253 g/mol. The standard InChI is InChI=1S/C14H27N3O/c1-14(16-2,13(15)18)10-17-8-7-11-5-3-4-6-12(11)9-17/h11-12,16H,3-10H2,1-2H3,(H2,15,18). The second-order valence-corrected chi connectivity index (χ2v) is 6.27. The molecule has 3 unspecified atom stereocenters. The lowest BCUT2D eigenvalue weighted by Crippen LogP contribution is -2.60. The Morgan fingerprint density at radius 3 is 2.61 bits per heavy atom. The quantitative estimate of drug-likeness (QED) is 0.784. The molecule has 2 fully saturated rings. The third-order valence-corrected chi connectivity index (χ3v) is 5.01. The van der Waals surface area contributed by atoms with Crippen LogP contribution in [0.3, 0.4) is 0 Å². The summed E-state index contributed by atoms with van der Waals surface area (Å²) in [6, 6.07) is 0. The molecule has 1 aliphatic heterocycles. The minimum absolute atomic E-state index is 0.254. The van der Waals surface area contributed by atoms with Gasteiger partial charge in [-0.25, -0.2) is 0 Å². The van der Waals surface area contributed by atoms with E-state index in [0.717, 1.165) is 31.5 Å². The molecule has 4 nitrogen and oxygen atoms in total. The molecular formula is C14H27N3O. The molecule has 1 saturated heterocycles. The first-order valence-electron chi connectivity index (χ1n) is 7.26. The smallest absolute Gasteiger partial charge is 0.238 e. The van der Waals surface area contributed by atoms with E-state index in [1.54, 1.807) is 0 Å². The topological polar surface area (TPSA) is 58.4 Å². The number of hydrogen-bond donors (Lipinski definition) is 2. The summed E-state index contributed by atoms with van der Waals surface area (Å²) in [6.07, 6.45) is 6.87. The zero-order valence-corrected chi connectivity index (χ0v) is 11.7. The highest BCUT2D eigenvalue weighted by Gasteiger charge is 2.36. The van der Waals surface area contributed by atoms with Crippen LogP contribution in [0, 0.1) is 11.8 Å². The lowest BCUT2D eigenvalue weighted by molar-refractivity contribution is -0.124. The molecule has 3 atom stereocenters. The van der Waals surface area contributed by atoms with Gasteiger partial charge >= 0.3 is 0 Å². The van der Waals surface area contributed by atoms with E-state index in [9.17, 15) is 4.79 Å². The number of rotatable bonds is 4. The second kappa shape index (κ2) is 5.57. The number of nitrogens with two attached hydrogens (primary N) is 1. The molecule has 0 spiro atoms. The van der Waals surface area contributed by atoms with E-state index in [-0.39, 0.29) is 5.91 Å². The van der Waals surface area contributed by atoms with E-state index < -0.39 is 5.54 Å². The molecule has 0 radical (unpaired) electrons. The highest BCUT2D eigenvalue weighted by molar-refractivity contribution is 5.84. The van der Waals surface area contributed by atoms with Crippen LogP contribution in [0.5, 0.6) is 0 Å². The Morgan fingerprint density at radius 2 is 2.00 bits per heavy atom. The van der Waals surface area contributed by atoms with E-state index in [2.05, 4.69) is 10.2 Å². The van der Waals surface area contributed by atoms with Crippen molar-refractivity contribution in [1.82, 2.24) is 10.2 Å². The number of fused-ring (bicyclic) bond motifs is 1. The summed E-state index contributed by atoms with van der Waals surface area (Å²) in [5.74, 6) is 1.53. The first-order valence-corrected chi connectivity index (χ1v) is 7.26. The van der Waals surface area contributed by atoms with Crippen LogP contribution in [0.1, 0.15) is 39.0 Å². The van der Waals surface area contributed by atoms with E-state index in [0.29, 0.717) is 0 Å². The highest BCUT2D eigenvalue weighted by atomic mass is 16.1. The lowest BCUT2D eigenvalue weighted by atomic mass is 9.75. The Labute approximate surface area is 110 Å². The third kappa shape index (κ3) is 2.86. The molecule has 0 aromatic carbocycles. The molecule has 2 rings (SSSR count). The van der Waals surface area contributed by atoms with Crippen molar-refractivity contribution in [2.24, 2.45) is 17.6 Å². The monoisotopic (exact) mass is 253 g/mol. The summed E-state index contributed by atoms with van der Waals surface area (Å²) in [5.41, 5.74) is 4.91. The van der Waals surface area contributed by atoms with Gasteiger partial charge in [-0.15, -0.1) is 0 Å². The van der Waals surface area contributed by atoms with Crippen LogP contribution < -0.4 is 11.1 Å². The number of carbonyl (C=O) groups is 1. The van der Waals surface area contributed by atoms with Crippen molar-refractivity contribution in [3.8, 4) is 0 Å². The van der Waals surface area contributed by atoms with E-state index in [1.807, 2.05) is 14.0 Å². The Bertz CT molecular complexity index is 307. The zero-order chi connectivity index (χ0) is 13.2. The van der Waals surface area contributed by atoms with Gasteiger partial charge in [0.1, 0.15) is 5.54 Å². The van der Waals surface area contributed by atoms with Gasteiger partial charge in [-0.3, -0.25) is 4.79 Å². The number of nitrogens with zero attached hydrogens (tertiary/aromatic N) is 1. The molecule has 104 valence electrons. The third-order valence-electron chi connectivity index (χ3n) is 5.01. The van der Waals surface area contributed by atoms with Gasteiger partial charge in [0, 0.05) is 13.1 Å². The summed E-state index contributed by atoms with van der Waals surface area (Å²) in [7, 11) is 1.82. The van der Waals surface area contributed by atoms with Crippen LogP contribution >= 0.6 is 0 Å². The fourth-order valence-electron chi connectivity index (χ4n) is 3.55. The summed E-state index contributed by atoms with van der Waals surface area (Å²) in [4.78, 5) is 14.0. The SMILES string of the molecule is CNC(C)(CN1CCC2CCCCC2C1)C(N)=O.